The standard InChI is InChI=1S/C25H27BrN2O4S/c1-29-21-12-5-17(6-13-21)15-28(25(33)27-20-10-8-19(26)9-11-20)16-18-7-14-22(30-2)24(32-4)23(18)31-3/h5-14H,15-16H2,1-4H3,(H,27,33). The first-order valence-corrected chi connectivity index (χ1v) is 11.4. The molecule has 0 fully saturated rings. The molecule has 0 saturated carbocycles. The minimum Gasteiger partial charge on any atom is -0.497 e. The second-order valence-corrected chi connectivity index (χ2v) is 8.44. The van der Waals surface area contributed by atoms with E-state index in [0.29, 0.717) is 35.5 Å². The Hall–Kier alpha value is -2.97. The molecule has 0 aliphatic rings. The fraction of sp³-hybridized carbons (Fsp3) is 0.240. The van der Waals surface area contributed by atoms with Crippen LogP contribution in [0.4, 0.5) is 5.69 Å². The van der Waals surface area contributed by atoms with Crippen molar-refractivity contribution in [1.29, 1.82) is 0 Å². The molecule has 1 N–H and O–H groups in total. The second-order valence-electron chi connectivity index (χ2n) is 7.13. The average Bonchev–Trinajstić information content (AvgIpc) is 2.84. The van der Waals surface area contributed by atoms with Gasteiger partial charge in [-0.25, -0.2) is 0 Å². The molecule has 0 spiro atoms. The van der Waals surface area contributed by atoms with E-state index in [4.69, 9.17) is 31.2 Å². The summed E-state index contributed by atoms with van der Waals surface area (Å²) >= 11 is 9.27. The maximum absolute atomic E-state index is 5.81. The number of ether oxygens (including phenoxy) is 4. The summed E-state index contributed by atoms with van der Waals surface area (Å²) in [6.07, 6.45) is 0. The monoisotopic (exact) mass is 530 g/mol. The molecule has 3 aromatic carbocycles. The van der Waals surface area contributed by atoms with E-state index in [2.05, 4.69) is 26.1 Å². The lowest BCUT2D eigenvalue weighted by atomic mass is 10.1. The third-order valence-electron chi connectivity index (χ3n) is 5.06. The lowest BCUT2D eigenvalue weighted by Crippen LogP contribution is -2.34. The summed E-state index contributed by atoms with van der Waals surface area (Å²) in [6.45, 7) is 1.09. The van der Waals surface area contributed by atoms with E-state index in [9.17, 15) is 0 Å². The Morgan fingerprint density at radius 3 is 2.03 bits per heavy atom. The molecule has 0 bridgehead atoms. The summed E-state index contributed by atoms with van der Waals surface area (Å²) in [5.41, 5.74) is 2.92. The third kappa shape index (κ3) is 6.30. The van der Waals surface area contributed by atoms with Gasteiger partial charge in [0.25, 0.3) is 0 Å². The molecule has 0 atom stereocenters. The van der Waals surface area contributed by atoms with Gasteiger partial charge in [0, 0.05) is 28.8 Å². The first kappa shape index (κ1) is 24.7. The predicted octanol–water partition coefficient (Wildman–Crippen LogP) is 5.88. The highest BCUT2D eigenvalue weighted by Crippen LogP contribution is 2.40. The van der Waals surface area contributed by atoms with Gasteiger partial charge in [0.1, 0.15) is 5.75 Å². The highest BCUT2D eigenvalue weighted by molar-refractivity contribution is 9.10. The van der Waals surface area contributed by atoms with Crippen LogP contribution in [0.25, 0.3) is 0 Å². The summed E-state index contributed by atoms with van der Waals surface area (Å²) in [5.74, 6) is 2.58. The van der Waals surface area contributed by atoms with Gasteiger partial charge in [-0.2, -0.15) is 0 Å². The van der Waals surface area contributed by atoms with Crippen LogP contribution in [0.1, 0.15) is 11.1 Å². The van der Waals surface area contributed by atoms with Crippen LogP contribution in [-0.4, -0.2) is 38.5 Å². The highest BCUT2D eigenvalue weighted by atomic mass is 79.9. The van der Waals surface area contributed by atoms with E-state index in [1.165, 1.54) is 0 Å². The number of hydrogen-bond donors (Lipinski definition) is 1. The first-order valence-electron chi connectivity index (χ1n) is 10.2. The van der Waals surface area contributed by atoms with Crippen LogP contribution >= 0.6 is 28.1 Å². The van der Waals surface area contributed by atoms with Crippen LogP contribution in [0.15, 0.2) is 65.1 Å². The minimum atomic E-state index is 0.498. The molecule has 0 saturated heterocycles. The smallest absolute Gasteiger partial charge is 0.203 e. The number of anilines is 1. The molecule has 0 aliphatic carbocycles. The zero-order chi connectivity index (χ0) is 23.8. The molecule has 0 radical (unpaired) electrons. The molecular weight excluding hydrogens is 504 g/mol. The largest absolute Gasteiger partial charge is 0.497 e. The van der Waals surface area contributed by atoms with Crippen LogP contribution < -0.4 is 24.3 Å². The van der Waals surface area contributed by atoms with E-state index < -0.39 is 0 Å². The van der Waals surface area contributed by atoms with Crippen molar-refractivity contribution in [2.75, 3.05) is 33.8 Å². The molecule has 174 valence electrons. The summed E-state index contributed by atoms with van der Waals surface area (Å²) < 4.78 is 23.0. The molecule has 6 nitrogen and oxygen atoms in total. The Balaban J connectivity index is 1.92. The Kier molecular flexibility index (Phi) is 8.79. The zero-order valence-electron chi connectivity index (χ0n) is 19.1. The van der Waals surface area contributed by atoms with E-state index in [-0.39, 0.29) is 0 Å². The van der Waals surface area contributed by atoms with Gasteiger partial charge in [0.15, 0.2) is 16.6 Å². The summed E-state index contributed by atoms with van der Waals surface area (Å²) in [7, 11) is 6.47. The number of hydrogen-bond acceptors (Lipinski definition) is 5. The number of halogens is 1. The van der Waals surface area contributed by atoms with Crippen molar-refractivity contribution >= 4 is 38.9 Å². The van der Waals surface area contributed by atoms with Crippen molar-refractivity contribution in [3.63, 3.8) is 0 Å². The normalized spacial score (nSPS) is 10.3. The molecular formula is C25H27BrN2O4S. The van der Waals surface area contributed by atoms with Crippen LogP contribution in [0.3, 0.4) is 0 Å². The molecule has 33 heavy (non-hydrogen) atoms. The summed E-state index contributed by atoms with van der Waals surface area (Å²) in [5, 5.41) is 3.92. The van der Waals surface area contributed by atoms with Crippen molar-refractivity contribution in [2.45, 2.75) is 13.1 Å². The van der Waals surface area contributed by atoms with Gasteiger partial charge >= 0.3 is 0 Å². The van der Waals surface area contributed by atoms with E-state index >= 15 is 0 Å². The van der Waals surface area contributed by atoms with Crippen LogP contribution in [0, 0.1) is 0 Å². The van der Waals surface area contributed by atoms with Crippen LogP contribution in [0.5, 0.6) is 23.0 Å². The number of methoxy groups -OCH3 is 4. The Morgan fingerprint density at radius 1 is 0.788 bits per heavy atom. The molecule has 8 heteroatoms. The van der Waals surface area contributed by atoms with Crippen molar-refractivity contribution in [1.82, 2.24) is 4.90 Å². The number of nitrogens with zero attached hydrogens (tertiary/aromatic N) is 1. The molecule has 0 heterocycles. The highest BCUT2D eigenvalue weighted by Gasteiger charge is 2.20. The zero-order valence-corrected chi connectivity index (χ0v) is 21.5. The van der Waals surface area contributed by atoms with Gasteiger partial charge < -0.3 is 29.2 Å². The molecule has 0 aliphatic heterocycles. The van der Waals surface area contributed by atoms with Gasteiger partial charge in [-0.15, -0.1) is 0 Å². The molecule has 0 unspecified atom stereocenters. The van der Waals surface area contributed by atoms with Crippen molar-refractivity contribution in [2.24, 2.45) is 0 Å². The van der Waals surface area contributed by atoms with Crippen molar-refractivity contribution in [3.8, 4) is 23.0 Å². The lowest BCUT2D eigenvalue weighted by molar-refractivity contribution is 0.316. The second kappa shape index (κ2) is 11.8. The molecule has 0 amide bonds. The van der Waals surface area contributed by atoms with E-state index in [1.54, 1.807) is 28.4 Å². The fourth-order valence-electron chi connectivity index (χ4n) is 3.38. The lowest BCUT2D eigenvalue weighted by Gasteiger charge is -2.27. The predicted molar refractivity (Wildman–Crippen MR) is 139 cm³/mol. The third-order valence-corrected chi connectivity index (χ3v) is 5.95. The van der Waals surface area contributed by atoms with Crippen molar-refractivity contribution in [3.05, 3.63) is 76.3 Å². The number of thiocarbonyl (C=S) groups is 1. The molecule has 3 aromatic rings. The van der Waals surface area contributed by atoms with Gasteiger partial charge in [0.2, 0.25) is 5.75 Å². The van der Waals surface area contributed by atoms with E-state index in [0.717, 1.165) is 27.0 Å². The van der Waals surface area contributed by atoms with Gasteiger partial charge in [-0.1, -0.05) is 28.1 Å². The SMILES string of the molecule is COc1ccc(CN(Cc2ccc(OC)c(OC)c2OC)C(=S)Nc2ccc(Br)cc2)cc1. The van der Waals surface area contributed by atoms with Gasteiger partial charge in [-0.05, 0) is 66.3 Å². The fourth-order valence-corrected chi connectivity index (χ4v) is 3.89. The maximum atomic E-state index is 5.81. The van der Waals surface area contributed by atoms with Crippen LogP contribution in [0.2, 0.25) is 0 Å². The Labute approximate surface area is 208 Å². The molecule has 0 aromatic heterocycles. The average molecular weight is 531 g/mol. The number of rotatable bonds is 9. The summed E-state index contributed by atoms with van der Waals surface area (Å²) in [6, 6.07) is 19.6. The number of nitrogens with one attached hydrogen (secondary N) is 1. The summed E-state index contributed by atoms with van der Waals surface area (Å²) in [4.78, 5) is 2.07. The van der Waals surface area contributed by atoms with Crippen molar-refractivity contribution < 1.29 is 18.9 Å². The van der Waals surface area contributed by atoms with E-state index in [1.807, 2.05) is 60.7 Å². The maximum Gasteiger partial charge on any atom is 0.203 e. The first-order chi connectivity index (χ1) is 16.0. The topological polar surface area (TPSA) is 52.2 Å². The Morgan fingerprint density at radius 2 is 1.45 bits per heavy atom. The quantitative estimate of drug-likeness (QED) is 0.346. The van der Waals surface area contributed by atoms with Crippen LogP contribution in [-0.2, 0) is 13.1 Å². The van der Waals surface area contributed by atoms with Gasteiger partial charge in [0.05, 0.1) is 28.4 Å². The minimum absolute atomic E-state index is 0.498. The molecule has 3 rings (SSSR count). The number of benzene rings is 3. The Bertz CT molecular complexity index is 1080. The van der Waals surface area contributed by atoms with Gasteiger partial charge in [-0.3, -0.25) is 0 Å².